The minimum Gasteiger partial charge on any atom is -0.392 e. The molecule has 2 aromatic heterocycles. The van der Waals surface area contributed by atoms with Crippen molar-refractivity contribution in [1.82, 2.24) is 14.8 Å². The summed E-state index contributed by atoms with van der Waals surface area (Å²) in [5.74, 6) is 0.651. The van der Waals surface area contributed by atoms with E-state index < -0.39 is 0 Å². The normalized spacial score (nSPS) is 11.1. The molecule has 0 unspecified atom stereocenters. The highest BCUT2D eigenvalue weighted by molar-refractivity contribution is 6.31. The Balaban J connectivity index is 2.24. The van der Waals surface area contributed by atoms with E-state index in [2.05, 4.69) is 10.1 Å². The maximum absolute atomic E-state index is 9.48. The number of rotatable bonds is 2. The molecule has 0 radical (unpaired) electrons. The molecule has 0 atom stereocenters. The van der Waals surface area contributed by atoms with Gasteiger partial charge >= 0.3 is 0 Å². The Morgan fingerprint density at radius 1 is 1.32 bits per heavy atom. The quantitative estimate of drug-likeness (QED) is 0.781. The molecule has 4 nitrogen and oxygen atoms in total. The number of pyridine rings is 1. The van der Waals surface area contributed by atoms with Gasteiger partial charge in [0.2, 0.25) is 0 Å². The number of para-hydroxylation sites is 1. The first kappa shape index (κ1) is 12.1. The van der Waals surface area contributed by atoms with Crippen molar-refractivity contribution >= 4 is 22.5 Å². The van der Waals surface area contributed by atoms with Gasteiger partial charge in [0, 0.05) is 5.39 Å². The third kappa shape index (κ3) is 2.09. The van der Waals surface area contributed by atoms with Crippen molar-refractivity contribution in [3.05, 3.63) is 52.8 Å². The van der Waals surface area contributed by atoms with E-state index in [1.807, 2.05) is 37.3 Å². The van der Waals surface area contributed by atoms with Crippen LogP contribution in [0.15, 0.2) is 36.5 Å². The van der Waals surface area contributed by atoms with Crippen LogP contribution in [0.3, 0.4) is 0 Å². The molecule has 0 fully saturated rings. The van der Waals surface area contributed by atoms with Crippen LogP contribution in [0.25, 0.3) is 16.7 Å². The molecule has 0 spiro atoms. The number of benzene rings is 1. The summed E-state index contributed by atoms with van der Waals surface area (Å²) in [6, 6.07) is 9.53. The number of fused-ring (bicyclic) bond motifs is 1. The van der Waals surface area contributed by atoms with Gasteiger partial charge in [0.1, 0.15) is 0 Å². The first-order valence-electron chi connectivity index (χ1n) is 5.90. The minimum absolute atomic E-state index is 0.0377. The zero-order valence-electron chi connectivity index (χ0n) is 10.3. The van der Waals surface area contributed by atoms with Gasteiger partial charge in [0.05, 0.1) is 29.0 Å². The third-order valence-corrected chi connectivity index (χ3v) is 3.40. The van der Waals surface area contributed by atoms with Crippen LogP contribution in [0.4, 0.5) is 0 Å². The number of aromatic nitrogens is 3. The molecular formula is C14H12ClN3O. The summed E-state index contributed by atoms with van der Waals surface area (Å²) in [5, 5.41) is 15.3. The molecule has 5 heteroatoms. The van der Waals surface area contributed by atoms with E-state index in [4.69, 9.17) is 11.6 Å². The Kier molecular flexibility index (Phi) is 2.97. The van der Waals surface area contributed by atoms with Crippen LogP contribution in [0.2, 0.25) is 5.02 Å². The van der Waals surface area contributed by atoms with Crippen LogP contribution in [-0.2, 0) is 6.61 Å². The van der Waals surface area contributed by atoms with E-state index in [0.29, 0.717) is 10.8 Å². The fraction of sp³-hybridized carbons (Fsp3) is 0.143. The van der Waals surface area contributed by atoms with Crippen molar-refractivity contribution < 1.29 is 5.11 Å². The molecule has 1 N–H and O–H groups in total. The van der Waals surface area contributed by atoms with E-state index in [-0.39, 0.29) is 6.61 Å². The lowest BCUT2D eigenvalue weighted by Gasteiger charge is -2.07. The zero-order chi connectivity index (χ0) is 13.4. The highest BCUT2D eigenvalue weighted by Gasteiger charge is 2.09. The molecule has 19 heavy (non-hydrogen) atoms. The van der Waals surface area contributed by atoms with Crippen molar-refractivity contribution in [3.63, 3.8) is 0 Å². The standard InChI is InChI=1S/C14H12ClN3O/c1-9-12(15)7-18(17-9)14-6-10(8-19)11-4-2-3-5-13(11)16-14/h2-7,19H,8H2,1H3. The monoisotopic (exact) mass is 273 g/mol. The average molecular weight is 274 g/mol. The van der Waals surface area contributed by atoms with Crippen molar-refractivity contribution in [2.75, 3.05) is 0 Å². The van der Waals surface area contributed by atoms with Crippen LogP contribution < -0.4 is 0 Å². The van der Waals surface area contributed by atoms with Crippen LogP contribution in [0, 0.1) is 6.92 Å². The molecule has 0 amide bonds. The lowest BCUT2D eigenvalue weighted by molar-refractivity contribution is 0.283. The van der Waals surface area contributed by atoms with Crippen LogP contribution >= 0.6 is 11.6 Å². The number of aliphatic hydroxyl groups excluding tert-OH is 1. The average Bonchev–Trinajstić information content (AvgIpc) is 2.77. The van der Waals surface area contributed by atoms with Crippen LogP contribution in [0.1, 0.15) is 11.3 Å². The number of halogens is 1. The highest BCUT2D eigenvalue weighted by atomic mass is 35.5. The second-order valence-electron chi connectivity index (χ2n) is 4.32. The third-order valence-electron chi connectivity index (χ3n) is 3.03. The Morgan fingerprint density at radius 2 is 2.11 bits per heavy atom. The predicted octanol–water partition coefficient (Wildman–Crippen LogP) is 2.87. The van der Waals surface area contributed by atoms with Gasteiger partial charge in [0.25, 0.3) is 0 Å². The SMILES string of the molecule is Cc1nn(-c2cc(CO)c3ccccc3n2)cc1Cl. The van der Waals surface area contributed by atoms with Gasteiger partial charge in [-0.05, 0) is 24.6 Å². The molecule has 3 rings (SSSR count). The van der Waals surface area contributed by atoms with Crippen molar-refractivity contribution in [2.24, 2.45) is 0 Å². The molecule has 3 aromatic rings. The summed E-state index contributed by atoms with van der Waals surface area (Å²) in [6.45, 7) is 1.80. The van der Waals surface area contributed by atoms with E-state index >= 15 is 0 Å². The summed E-state index contributed by atoms with van der Waals surface area (Å²) in [5.41, 5.74) is 2.40. The first-order valence-corrected chi connectivity index (χ1v) is 6.28. The lowest BCUT2D eigenvalue weighted by atomic mass is 10.1. The molecule has 96 valence electrons. The molecule has 2 heterocycles. The van der Waals surface area contributed by atoms with E-state index in [9.17, 15) is 5.11 Å². The Hall–Kier alpha value is -1.91. The largest absolute Gasteiger partial charge is 0.392 e. The zero-order valence-corrected chi connectivity index (χ0v) is 11.1. The van der Waals surface area contributed by atoms with Crippen molar-refractivity contribution in [3.8, 4) is 5.82 Å². The smallest absolute Gasteiger partial charge is 0.154 e. The van der Waals surface area contributed by atoms with Crippen molar-refractivity contribution in [1.29, 1.82) is 0 Å². The van der Waals surface area contributed by atoms with Gasteiger partial charge in [-0.2, -0.15) is 5.10 Å². The maximum atomic E-state index is 9.48. The summed E-state index contributed by atoms with van der Waals surface area (Å²) in [6.07, 6.45) is 1.72. The van der Waals surface area contributed by atoms with Gasteiger partial charge in [-0.15, -0.1) is 0 Å². The topological polar surface area (TPSA) is 50.9 Å². The van der Waals surface area contributed by atoms with Gasteiger partial charge < -0.3 is 5.11 Å². The Morgan fingerprint density at radius 3 is 2.79 bits per heavy atom. The number of hydrogen-bond acceptors (Lipinski definition) is 3. The van der Waals surface area contributed by atoms with Gasteiger partial charge in [-0.1, -0.05) is 29.8 Å². The highest BCUT2D eigenvalue weighted by Crippen LogP contribution is 2.21. The molecule has 1 aromatic carbocycles. The predicted molar refractivity (Wildman–Crippen MR) is 74.5 cm³/mol. The second kappa shape index (κ2) is 4.64. The van der Waals surface area contributed by atoms with Crippen molar-refractivity contribution in [2.45, 2.75) is 13.5 Å². The summed E-state index contributed by atoms with van der Waals surface area (Å²) in [7, 11) is 0. The molecule has 0 aliphatic heterocycles. The number of aryl methyl sites for hydroxylation is 1. The summed E-state index contributed by atoms with van der Waals surface area (Å²) in [4.78, 5) is 4.54. The number of hydrogen-bond donors (Lipinski definition) is 1. The van der Waals surface area contributed by atoms with Crippen LogP contribution in [-0.4, -0.2) is 19.9 Å². The van der Waals surface area contributed by atoms with Gasteiger partial charge in [-0.25, -0.2) is 9.67 Å². The van der Waals surface area contributed by atoms with E-state index in [1.165, 1.54) is 0 Å². The van der Waals surface area contributed by atoms with E-state index in [1.54, 1.807) is 10.9 Å². The number of nitrogens with zero attached hydrogens (tertiary/aromatic N) is 3. The minimum atomic E-state index is -0.0377. The lowest BCUT2D eigenvalue weighted by Crippen LogP contribution is -2.01. The fourth-order valence-electron chi connectivity index (χ4n) is 2.04. The van der Waals surface area contributed by atoms with E-state index in [0.717, 1.165) is 22.2 Å². The second-order valence-corrected chi connectivity index (χ2v) is 4.73. The molecule has 0 aliphatic rings. The molecule has 0 saturated carbocycles. The molecule has 0 aliphatic carbocycles. The molecule has 0 bridgehead atoms. The van der Waals surface area contributed by atoms with Gasteiger partial charge in [-0.3, -0.25) is 0 Å². The summed E-state index contributed by atoms with van der Waals surface area (Å²) < 4.78 is 1.63. The van der Waals surface area contributed by atoms with Crippen LogP contribution in [0.5, 0.6) is 0 Å². The number of aliphatic hydroxyl groups is 1. The fourth-order valence-corrected chi connectivity index (χ4v) is 2.17. The Labute approximate surface area is 115 Å². The first-order chi connectivity index (χ1) is 9.19. The molecular weight excluding hydrogens is 262 g/mol. The maximum Gasteiger partial charge on any atom is 0.154 e. The van der Waals surface area contributed by atoms with Gasteiger partial charge in [0.15, 0.2) is 5.82 Å². The summed E-state index contributed by atoms with van der Waals surface area (Å²) >= 11 is 6.01. The molecule has 0 saturated heterocycles. The Bertz CT molecular complexity index is 732.